The topological polar surface area (TPSA) is 93.1 Å². The van der Waals surface area contributed by atoms with Crippen LogP contribution in [0.5, 0.6) is 5.75 Å². The van der Waals surface area contributed by atoms with Crippen LogP contribution in [0.1, 0.15) is 31.4 Å². The van der Waals surface area contributed by atoms with Crippen LogP contribution in [0.15, 0.2) is 55.1 Å². The Kier molecular flexibility index (Phi) is 6.30. The Labute approximate surface area is 179 Å². The molecule has 0 aliphatic carbocycles. The van der Waals surface area contributed by atoms with E-state index in [1.807, 2.05) is 0 Å². The van der Waals surface area contributed by atoms with Gasteiger partial charge in [0, 0.05) is 43.7 Å². The number of nitrogens with zero attached hydrogens (tertiary/aromatic N) is 5. The Morgan fingerprint density at radius 1 is 1.19 bits per heavy atom. The van der Waals surface area contributed by atoms with Crippen LogP contribution < -0.4 is 10.1 Å². The standard InChI is InChI=1S/C22H23FN6O2/c1-15(31-18-5-2-4-17(23)12-18)21(30)29-10-6-16(7-11-29)19-13-24-14-20(27-19)28-22-25-8-3-9-26-22/h2-5,8-9,12-16H,6-7,10-11H2,1H3,(H,25,26,27,28)/t15-/m1/s1. The summed E-state index contributed by atoms with van der Waals surface area (Å²) in [5.41, 5.74) is 0.872. The molecule has 1 saturated heterocycles. The number of halogens is 1. The summed E-state index contributed by atoms with van der Waals surface area (Å²) in [6.45, 7) is 2.88. The number of ether oxygens (including phenoxy) is 1. The quantitative estimate of drug-likeness (QED) is 0.651. The molecule has 0 bridgehead atoms. The van der Waals surface area contributed by atoms with Gasteiger partial charge in [0.2, 0.25) is 5.95 Å². The molecule has 1 atom stereocenters. The lowest BCUT2D eigenvalue weighted by atomic mass is 9.93. The number of likely N-dealkylation sites (tertiary alicyclic amines) is 1. The van der Waals surface area contributed by atoms with Gasteiger partial charge >= 0.3 is 0 Å². The van der Waals surface area contributed by atoms with Crippen LogP contribution in [-0.2, 0) is 4.79 Å². The Morgan fingerprint density at radius 3 is 2.71 bits per heavy atom. The molecule has 1 fully saturated rings. The van der Waals surface area contributed by atoms with Gasteiger partial charge in [-0.05, 0) is 38.0 Å². The van der Waals surface area contributed by atoms with Crippen molar-refractivity contribution >= 4 is 17.7 Å². The summed E-state index contributed by atoms with van der Waals surface area (Å²) in [6, 6.07) is 7.55. The minimum absolute atomic E-state index is 0.106. The summed E-state index contributed by atoms with van der Waals surface area (Å²) in [5, 5.41) is 3.05. The van der Waals surface area contributed by atoms with Crippen molar-refractivity contribution in [2.75, 3.05) is 18.4 Å². The number of rotatable bonds is 6. The van der Waals surface area contributed by atoms with Crippen LogP contribution in [0.2, 0.25) is 0 Å². The third-order valence-electron chi connectivity index (χ3n) is 5.14. The Morgan fingerprint density at radius 2 is 1.97 bits per heavy atom. The highest BCUT2D eigenvalue weighted by molar-refractivity contribution is 5.81. The average molecular weight is 422 g/mol. The highest BCUT2D eigenvalue weighted by Crippen LogP contribution is 2.28. The molecule has 160 valence electrons. The molecule has 31 heavy (non-hydrogen) atoms. The number of piperidine rings is 1. The lowest BCUT2D eigenvalue weighted by Gasteiger charge is -2.33. The summed E-state index contributed by atoms with van der Waals surface area (Å²) >= 11 is 0. The fourth-order valence-electron chi connectivity index (χ4n) is 3.56. The molecule has 1 N–H and O–H groups in total. The van der Waals surface area contributed by atoms with Crippen molar-refractivity contribution in [3.63, 3.8) is 0 Å². The molecule has 0 saturated carbocycles. The molecule has 1 amide bonds. The van der Waals surface area contributed by atoms with Crippen LogP contribution in [0.4, 0.5) is 16.2 Å². The van der Waals surface area contributed by atoms with E-state index < -0.39 is 11.9 Å². The Balaban J connectivity index is 1.33. The molecule has 1 aliphatic heterocycles. The van der Waals surface area contributed by atoms with E-state index in [4.69, 9.17) is 4.74 Å². The van der Waals surface area contributed by atoms with Gasteiger partial charge in [-0.1, -0.05) is 6.07 Å². The summed E-state index contributed by atoms with van der Waals surface area (Å²) < 4.78 is 19.0. The molecule has 3 heterocycles. The van der Waals surface area contributed by atoms with E-state index in [0.717, 1.165) is 18.5 Å². The van der Waals surface area contributed by atoms with Crippen molar-refractivity contribution in [3.8, 4) is 5.75 Å². The zero-order chi connectivity index (χ0) is 21.6. The maximum Gasteiger partial charge on any atom is 0.263 e. The van der Waals surface area contributed by atoms with Crippen molar-refractivity contribution < 1.29 is 13.9 Å². The zero-order valence-electron chi connectivity index (χ0n) is 17.1. The van der Waals surface area contributed by atoms with Crippen molar-refractivity contribution in [2.45, 2.75) is 31.8 Å². The van der Waals surface area contributed by atoms with Crippen LogP contribution in [0.25, 0.3) is 0 Å². The first-order chi connectivity index (χ1) is 15.1. The second kappa shape index (κ2) is 9.46. The normalized spacial score (nSPS) is 15.4. The number of hydrogen-bond donors (Lipinski definition) is 1. The van der Waals surface area contributed by atoms with E-state index in [1.54, 1.807) is 54.8 Å². The Bertz CT molecular complexity index is 1030. The molecule has 1 aliphatic rings. The molecule has 1 aromatic carbocycles. The van der Waals surface area contributed by atoms with Crippen LogP contribution >= 0.6 is 0 Å². The van der Waals surface area contributed by atoms with Crippen LogP contribution in [-0.4, -0.2) is 49.9 Å². The number of hydrogen-bond acceptors (Lipinski definition) is 7. The number of nitrogens with one attached hydrogen (secondary N) is 1. The summed E-state index contributed by atoms with van der Waals surface area (Å²) in [5.74, 6) is 1.09. The molecule has 2 aromatic heterocycles. The van der Waals surface area contributed by atoms with Crippen molar-refractivity contribution in [2.24, 2.45) is 0 Å². The van der Waals surface area contributed by atoms with E-state index in [9.17, 15) is 9.18 Å². The smallest absolute Gasteiger partial charge is 0.263 e. The lowest BCUT2D eigenvalue weighted by molar-refractivity contribution is -0.139. The SMILES string of the molecule is C[C@@H](Oc1cccc(F)c1)C(=O)N1CCC(c2cncc(Nc3ncccn3)n2)CC1. The minimum Gasteiger partial charge on any atom is -0.481 e. The van der Waals surface area contributed by atoms with Crippen molar-refractivity contribution in [1.29, 1.82) is 0 Å². The predicted octanol–water partition coefficient (Wildman–Crippen LogP) is 3.32. The molecule has 0 unspecified atom stereocenters. The number of anilines is 2. The molecule has 3 aromatic rings. The van der Waals surface area contributed by atoms with Crippen LogP contribution in [0, 0.1) is 5.82 Å². The molecule has 0 radical (unpaired) electrons. The van der Waals surface area contributed by atoms with Gasteiger partial charge in [0.1, 0.15) is 11.6 Å². The molecular formula is C22H23FN6O2. The van der Waals surface area contributed by atoms with E-state index in [0.29, 0.717) is 30.6 Å². The molecule has 0 spiro atoms. The van der Waals surface area contributed by atoms with Gasteiger partial charge in [0.05, 0.1) is 11.9 Å². The van der Waals surface area contributed by atoms with Crippen molar-refractivity contribution in [1.82, 2.24) is 24.8 Å². The van der Waals surface area contributed by atoms with Gasteiger partial charge in [-0.25, -0.2) is 19.3 Å². The fourth-order valence-corrected chi connectivity index (χ4v) is 3.56. The monoisotopic (exact) mass is 422 g/mol. The molecule has 8 nitrogen and oxygen atoms in total. The summed E-state index contributed by atoms with van der Waals surface area (Å²) in [6.07, 6.45) is 7.56. The van der Waals surface area contributed by atoms with E-state index in [2.05, 4.69) is 25.3 Å². The van der Waals surface area contributed by atoms with E-state index >= 15 is 0 Å². The maximum atomic E-state index is 13.3. The predicted molar refractivity (Wildman–Crippen MR) is 112 cm³/mol. The fraction of sp³-hybridized carbons (Fsp3) is 0.318. The third kappa shape index (κ3) is 5.30. The zero-order valence-corrected chi connectivity index (χ0v) is 17.1. The van der Waals surface area contributed by atoms with Gasteiger partial charge in [-0.15, -0.1) is 0 Å². The number of carbonyl (C=O) groups is 1. The largest absolute Gasteiger partial charge is 0.481 e. The second-order valence-corrected chi connectivity index (χ2v) is 7.34. The van der Waals surface area contributed by atoms with E-state index in [1.165, 1.54) is 12.1 Å². The third-order valence-corrected chi connectivity index (χ3v) is 5.14. The average Bonchev–Trinajstić information content (AvgIpc) is 2.79. The van der Waals surface area contributed by atoms with Gasteiger partial charge < -0.3 is 15.0 Å². The minimum atomic E-state index is -0.684. The number of carbonyl (C=O) groups excluding carboxylic acids is 1. The molecule has 4 rings (SSSR count). The van der Waals surface area contributed by atoms with Gasteiger partial charge in [-0.2, -0.15) is 0 Å². The van der Waals surface area contributed by atoms with Gasteiger partial charge in [0.15, 0.2) is 11.9 Å². The number of amides is 1. The molecular weight excluding hydrogens is 399 g/mol. The first-order valence-electron chi connectivity index (χ1n) is 10.2. The lowest BCUT2D eigenvalue weighted by Crippen LogP contribution is -2.44. The van der Waals surface area contributed by atoms with Gasteiger partial charge in [0.25, 0.3) is 5.91 Å². The maximum absolute atomic E-state index is 13.3. The first-order valence-corrected chi connectivity index (χ1v) is 10.2. The van der Waals surface area contributed by atoms with E-state index in [-0.39, 0.29) is 11.8 Å². The van der Waals surface area contributed by atoms with Crippen molar-refractivity contribution in [3.05, 3.63) is 66.6 Å². The highest BCUT2D eigenvalue weighted by atomic mass is 19.1. The molecule has 9 heteroatoms. The second-order valence-electron chi connectivity index (χ2n) is 7.34. The Hall–Kier alpha value is -3.62. The first kappa shape index (κ1) is 20.6. The highest BCUT2D eigenvalue weighted by Gasteiger charge is 2.28. The number of benzene rings is 1. The van der Waals surface area contributed by atoms with Crippen LogP contribution in [0.3, 0.4) is 0 Å². The van der Waals surface area contributed by atoms with Gasteiger partial charge in [-0.3, -0.25) is 9.78 Å². The summed E-state index contributed by atoms with van der Waals surface area (Å²) in [7, 11) is 0. The number of aromatic nitrogens is 4. The summed E-state index contributed by atoms with van der Waals surface area (Å²) in [4.78, 5) is 31.7.